The van der Waals surface area contributed by atoms with Crippen LogP contribution in [-0.4, -0.2) is 35.7 Å². The van der Waals surface area contributed by atoms with Crippen LogP contribution in [0.1, 0.15) is 46.0 Å². The molecule has 0 spiro atoms. The van der Waals surface area contributed by atoms with Gasteiger partial charge in [0.2, 0.25) is 11.8 Å². The first-order valence-corrected chi connectivity index (χ1v) is 7.04. The molecule has 1 unspecified atom stereocenters. The number of aromatic nitrogens is 2. The Labute approximate surface area is 119 Å². The van der Waals surface area contributed by atoms with Crippen molar-refractivity contribution in [2.24, 2.45) is 11.7 Å². The van der Waals surface area contributed by atoms with Crippen LogP contribution in [0.15, 0.2) is 4.42 Å². The molecule has 1 rings (SSSR count). The molecule has 1 aromatic rings. The van der Waals surface area contributed by atoms with Gasteiger partial charge in [0, 0.05) is 6.54 Å². The zero-order valence-electron chi connectivity index (χ0n) is 12.7. The molecule has 7 heteroatoms. The molecule has 1 atom stereocenters. The van der Waals surface area contributed by atoms with Gasteiger partial charge in [0.15, 0.2) is 0 Å². The number of nitrogens with zero attached hydrogens (tertiary/aromatic N) is 3. The van der Waals surface area contributed by atoms with Crippen LogP contribution in [0.5, 0.6) is 0 Å². The van der Waals surface area contributed by atoms with Crippen LogP contribution in [0.3, 0.4) is 0 Å². The second-order valence-electron chi connectivity index (χ2n) is 5.34. The second kappa shape index (κ2) is 7.84. The van der Waals surface area contributed by atoms with Crippen molar-refractivity contribution in [1.29, 1.82) is 0 Å². The third-order valence-corrected chi connectivity index (χ3v) is 2.70. The van der Waals surface area contributed by atoms with E-state index in [9.17, 15) is 4.79 Å². The van der Waals surface area contributed by atoms with Gasteiger partial charge in [-0.25, -0.2) is 0 Å². The van der Waals surface area contributed by atoms with Crippen molar-refractivity contribution >= 4 is 11.9 Å². The lowest BCUT2D eigenvalue weighted by molar-refractivity contribution is -0.116. The first-order valence-electron chi connectivity index (χ1n) is 7.04. The molecule has 0 saturated heterocycles. The third-order valence-electron chi connectivity index (χ3n) is 2.70. The number of rotatable bonds is 9. The average molecular weight is 283 g/mol. The minimum absolute atomic E-state index is 0.00863. The lowest BCUT2D eigenvalue weighted by Gasteiger charge is -2.20. The summed E-state index contributed by atoms with van der Waals surface area (Å²) in [5, 5.41) is 11.3. The van der Waals surface area contributed by atoms with Crippen molar-refractivity contribution in [3.8, 4) is 0 Å². The fourth-order valence-corrected chi connectivity index (χ4v) is 1.82. The fraction of sp³-hybridized carbons (Fsp3) is 0.769. The molecular weight excluding hydrogens is 258 g/mol. The number of hydrogen-bond donors (Lipinski definition) is 2. The highest BCUT2D eigenvalue weighted by Gasteiger charge is 2.19. The predicted octanol–water partition coefficient (Wildman–Crippen LogP) is 1.08. The van der Waals surface area contributed by atoms with Crippen LogP contribution in [-0.2, 0) is 4.79 Å². The van der Waals surface area contributed by atoms with Gasteiger partial charge in [-0.15, -0.1) is 5.10 Å². The molecule has 0 bridgehead atoms. The highest BCUT2D eigenvalue weighted by molar-refractivity contribution is 5.78. The van der Waals surface area contributed by atoms with Crippen molar-refractivity contribution in [2.45, 2.75) is 40.2 Å². The Morgan fingerprint density at radius 3 is 2.65 bits per heavy atom. The molecule has 0 aliphatic heterocycles. The van der Waals surface area contributed by atoms with E-state index in [0.717, 1.165) is 13.0 Å². The van der Waals surface area contributed by atoms with Gasteiger partial charge in [-0.05, 0) is 25.8 Å². The van der Waals surface area contributed by atoms with Crippen molar-refractivity contribution in [3.05, 3.63) is 5.89 Å². The third kappa shape index (κ3) is 5.16. The highest BCUT2D eigenvalue weighted by Crippen LogP contribution is 2.18. The summed E-state index contributed by atoms with van der Waals surface area (Å²) in [5.41, 5.74) is 5.26. The largest absolute Gasteiger partial charge is 0.406 e. The van der Waals surface area contributed by atoms with E-state index in [4.69, 9.17) is 10.2 Å². The zero-order valence-corrected chi connectivity index (χ0v) is 12.7. The minimum atomic E-state index is -0.414. The van der Waals surface area contributed by atoms with Crippen LogP contribution in [0.4, 0.5) is 6.01 Å². The van der Waals surface area contributed by atoms with E-state index in [0.29, 0.717) is 24.4 Å². The number of anilines is 1. The van der Waals surface area contributed by atoms with Gasteiger partial charge in [0.25, 0.3) is 0 Å². The topological polar surface area (TPSA) is 97.3 Å². The van der Waals surface area contributed by atoms with Gasteiger partial charge in [-0.1, -0.05) is 25.9 Å². The van der Waals surface area contributed by atoms with Crippen molar-refractivity contribution in [2.75, 3.05) is 24.5 Å². The first kappa shape index (κ1) is 16.4. The van der Waals surface area contributed by atoms with E-state index in [-0.39, 0.29) is 12.6 Å². The van der Waals surface area contributed by atoms with Crippen molar-refractivity contribution < 1.29 is 9.21 Å². The summed E-state index contributed by atoms with van der Waals surface area (Å²) in [5.74, 6) is 0.467. The summed E-state index contributed by atoms with van der Waals surface area (Å²) in [6, 6.07) is 0.336. The summed E-state index contributed by atoms with van der Waals surface area (Å²) < 4.78 is 5.64. The van der Waals surface area contributed by atoms with E-state index < -0.39 is 5.91 Å². The molecule has 7 nitrogen and oxygen atoms in total. The number of carbonyl (C=O) groups excluding carboxylic acids is 1. The molecule has 0 aliphatic carbocycles. The quantitative estimate of drug-likeness (QED) is 0.704. The standard InChI is InChI=1S/C13H25N5O2/c1-5-6-15-10(4)12-16-17-13(20-12)18(7-9(2)3)8-11(14)19/h9-10,15H,5-8H2,1-4H3,(H2,14,19). The number of primary amides is 1. The Morgan fingerprint density at radius 2 is 2.10 bits per heavy atom. The molecule has 1 amide bonds. The van der Waals surface area contributed by atoms with Crippen LogP contribution in [0.25, 0.3) is 0 Å². The Hall–Kier alpha value is -1.63. The Kier molecular flexibility index (Phi) is 6.44. The molecule has 1 heterocycles. The zero-order chi connectivity index (χ0) is 15.1. The van der Waals surface area contributed by atoms with Gasteiger partial charge >= 0.3 is 6.01 Å². The van der Waals surface area contributed by atoms with Gasteiger partial charge in [-0.3, -0.25) is 4.79 Å². The average Bonchev–Trinajstić information content (AvgIpc) is 2.83. The number of amides is 1. The Morgan fingerprint density at radius 1 is 1.40 bits per heavy atom. The van der Waals surface area contributed by atoms with E-state index >= 15 is 0 Å². The fourth-order valence-electron chi connectivity index (χ4n) is 1.82. The van der Waals surface area contributed by atoms with E-state index in [2.05, 4.69) is 36.3 Å². The number of nitrogens with one attached hydrogen (secondary N) is 1. The molecule has 0 radical (unpaired) electrons. The van der Waals surface area contributed by atoms with Gasteiger partial charge in [-0.2, -0.15) is 0 Å². The van der Waals surface area contributed by atoms with E-state index in [1.54, 1.807) is 4.90 Å². The van der Waals surface area contributed by atoms with E-state index in [1.807, 2.05) is 6.92 Å². The maximum Gasteiger partial charge on any atom is 0.318 e. The van der Waals surface area contributed by atoms with Gasteiger partial charge in [0.05, 0.1) is 6.04 Å². The number of nitrogens with two attached hydrogens (primary N) is 1. The summed E-state index contributed by atoms with van der Waals surface area (Å²) in [6.45, 7) is 9.77. The molecule has 0 aliphatic rings. The van der Waals surface area contributed by atoms with Crippen molar-refractivity contribution in [3.63, 3.8) is 0 Å². The van der Waals surface area contributed by atoms with E-state index in [1.165, 1.54) is 0 Å². The van der Waals surface area contributed by atoms with Crippen LogP contribution in [0, 0.1) is 5.92 Å². The highest BCUT2D eigenvalue weighted by atomic mass is 16.4. The normalized spacial score (nSPS) is 12.7. The maximum atomic E-state index is 11.1. The molecule has 114 valence electrons. The number of carbonyl (C=O) groups is 1. The summed E-state index contributed by atoms with van der Waals surface area (Å²) in [7, 11) is 0. The Bertz CT molecular complexity index is 419. The molecule has 0 aromatic carbocycles. The van der Waals surface area contributed by atoms with Crippen LogP contribution < -0.4 is 16.0 Å². The second-order valence-corrected chi connectivity index (χ2v) is 5.34. The van der Waals surface area contributed by atoms with Gasteiger partial charge in [0.1, 0.15) is 6.54 Å². The molecule has 1 aromatic heterocycles. The molecular formula is C13H25N5O2. The molecule has 20 heavy (non-hydrogen) atoms. The summed E-state index contributed by atoms with van der Waals surface area (Å²) >= 11 is 0. The van der Waals surface area contributed by atoms with Crippen molar-refractivity contribution in [1.82, 2.24) is 15.5 Å². The minimum Gasteiger partial charge on any atom is -0.406 e. The molecule has 0 fully saturated rings. The SMILES string of the molecule is CCCNC(C)c1nnc(N(CC(N)=O)CC(C)C)o1. The van der Waals surface area contributed by atoms with Gasteiger partial charge < -0.3 is 20.4 Å². The monoisotopic (exact) mass is 283 g/mol. The lowest BCUT2D eigenvalue weighted by Crippen LogP contribution is -2.36. The maximum absolute atomic E-state index is 11.1. The Balaban J connectivity index is 2.76. The van der Waals surface area contributed by atoms with Crippen LogP contribution in [0.2, 0.25) is 0 Å². The molecule has 3 N–H and O–H groups in total. The molecule has 0 saturated carbocycles. The first-order chi connectivity index (χ1) is 9.43. The smallest absolute Gasteiger partial charge is 0.318 e. The summed E-state index contributed by atoms with van der Waals surface area (Å²) in [6.07, 6.45) is 1.03. The number of hydrogen-bond acceptors (Lipinski definition) is 6. The van der Waals surface area contributed by atoms with Crippen LogP contribution >= 0.6 is 0 Å². The predicted molar refractivity (Wildman–Crippen MR) is 77.3 cm³/mol. The lowest BCUT2D eigenvalue weighted by atomic mass is 10.2. The summed E-state index contributed by atoms with van der Waals surface area (Å²) in [4.78, 5) is 12.8.